The fourth-order valence-electron chi connectivity index (χ4n) is 8.99. The molecule has 4 bridgehead atoms. The van der Waals surface area contributed by atoms with Crippen molar-refractivity contribution >= 4 is 41.8 Å². The van der Waals surface area contributed by atoms with Crippen molar-refractivity contribution in [1.29, 1.82) is 0 Å². The van der Waals surface area contributed by atoms with Crippen LogP contribution < -0.4 is 0 Å². The summed E-state index contributed by atoms with van der Waals surface area (Å²) in [7, 11) is 0. The number of carbonyl (C=O) groups excluding carboxylic acids is 7. The van der Waals surface area contributed by atoms with Gasteiger partial charge in [0.2, 0.25) is 0 Å². The van der Waals surface area contributed by atoms with Crippen molar-refractivity contribution in [3.63, 3.8) is 0 Å². The highest BCUT2D eigenvalue weighted by Gasteiger charge is 2.91. The van der Waals surface area contributed by atoms with Gasteiger partial charge in [-0.1, -0.05) is 19.9 Å². The van der Waals surface area contributed by atoms with Crippen LogP contribution >= 0.6 is 0 Å². The van der Waals surface area contributed by atoms with Crippen LogP contribution in [-0.2, 0) is 66.7 Å². The molecule has 4 aliphatic rings. The molecule has 296 valence electrons. The van der Waals surface area contributed by atoms with Gasteiger partial charge in [0.1, 0.15) is 54.2 Å². The van der Waals surface area contributed by atoms with Gasteiger partial charge < -0.3 is 48.1 Å². The molecular formula is C36H45NO17. The molecule has 5 rings (SSSR count). The molecule has 13 unspecified atom stereocenters. The van der Waals surface area contributed by atoms with Crippen LogP contribution in [0.15, 0.2) is 18.3 Å². The first-order chi connectivity index (χ1) is 25.1. The highest BCUT2D eigenvalue weighted by molar-refractivity contribution is 5.89. The van der Waals surface area contributed by atoms with Gasteiger partial charge in [-0.3, -0.25) is 28.8 Å². The third kappa shape index (κ3) is 6.17. The van der Waals surface area contributed by atoms with Gasteiger partial charge in [-0.05, 0) is 31.4 Å². The van der Waals surface area contributed by atoms with Gasteiger partial charge in [-0.15, -0.1) is 0 Å². The summed E-state index contributed by atoms with van der Waals surface area (Å²) in [6.07, 6.45) is -10.7. The predicted molar refractivity (Wildman–Crippen MR) is 176 cm³/mol. The van der Waals surface area contributed by atoms with Gasteiger partial charge >= 0.3 is 41.8 Å². The third-order valence-electron chi connectivity index (χ3n) is 11.2. The fraction of sp³-hybridized carbons (Fsp3) is 0.667. The van der Waals surface area contributed by atoms with Gasteiger partial charge in [0, 0.05) is 40.8 Å². The molecule has 0 aromatic carbocycles. The minimum Gasteiger partial charge on any atom is -0.465 e. The molecule has 2 saturated carbocycles. The number of fused-ring (bicyclic) bond motifs is 5. The Morgan fingerprint density at radius 2 is 1.43 bits per heavy atom. The van der Waals surface area contributed by atoms with E-state index in [0.29, 0.717) is 0 Å². The average Bonchev–Trinajstić information content (AvgIpc) is 3.29. The lowest BCUT2D eigenvalue weighted by Gasteiger charge is -2.67. The molecule has 54 heavy (non-hydrogen) atoms. The van der Waals surface area contributed by atoms with Gasteiger partial charge in [0.15, 0.2) is 23.5 Å². The second-order valence-electron chi connectivity index (χ2n) is 14.8. The zero-order valence-electron chi connectivity index (χ0n) is 31.3. The Bertz CT molecular complexity index is 1740. The maximum Gasteiger partial charge on any atom is 0.357 e. The minimum absolute atomic E-state index is 0.165. The van der Waals surface area contributed by atoms with E-state index < -0.39 is 132 Å². The molecule has 1 aromatic rings. The number of ether oxygens (including phenoxy) is 8. The Hall–Kier alpha value is -4.68. The molecule has 18 nitrogen and oxygen atoms in total. The quantitative estimate of drug-likeness (QED) is 0.295. The number of cyclic esters (lactones) is 1. The van der Waals surface area contributed by atoms with E-state index in [2.05, 4.69) is 4.98 Å². The third-order valence-corrected chi connectivity index (χ3v) is 11.2. The molecule has 2 aliphatic carbocycles. The summed E-state index contributed by atoms with van der Waals surface area (Å²) >= 11 is 0. The van der Waals surface area contributed by atoms with Crippen molar-refractivity contribution < 1.29 is 81.7 Å². The Morgan fingerprint density at radius 1 is 0.852 bits per heavy atom. The van der Waals surface area contributed by atoms with Gasteiger partial charge in [0.25, 0.3) is 0 Å². The summed E-state index contributed by atoms with van der Waals surface area (Å²) in [4.78, 5) is 96.9. The number of rotatable bonds is 6. The first-order valence-electron chi connectivity index (χ1n) is 17.3. The van der Waals surface area contributed by atoms with Crippen LogP contribution in [0.25, 0.3) is 0 Å². The lowest BCUT2D eigenvalue weighted by atomic mass is 9.45. The fourth-order valence-corrected chi connectivity index (χ4v) is 8.99. The Balaban J connectivity index is 1.96. The maximum atomic E-state index is 14.1. The number of pyridine rings is 1. The number of aromatic nitrogens is 1. The Kier molecular flexibility index (Phi) is 10.6. The first-order valence-corrected chi connectivity index (χ1v) is 17.3. The smallest absolute Gasteiger partial charge is 0.357 e. The molecule has 2 N–H and O–H groups in total. The summed E-state index contributed by atoms with van der Waals surface area (Å²) in [5.41, 5.74) is -9.91. The van der Waals surface area contributed by atoms with E-state index in [0.717, 1.165) is 41.5 Å². The second-order valence-corrected chi connectivity index (χ2v) is 14.8. The number of hydrogen-bond acceptors (Lipinski definition) is 18. The topological polar surface area (TPSA) is 247 Å². The van der Waals surface area contributed by atoms with Gasteiger partial charge in [-0.25, -0.2) is 9.78 Å². The first kappa shape index (κ1) is 40.5. The summed E-state index contributed by atoms with van der Waals surface area (Å²) in [6.45, 7) is 8.80. The Labute approximate surface area is 310 Å². The molecule has 1 saturated heterocycles. The normalized spacial score (nSPS) is 39.8. The second kappa shape index (κ2) is 14.2. The predicted octanol–water partition coefficient (Wildman–Crippen LogP) is 0.463. The van der Waals surface area contributed by atoms with Crippen LogP contribution in [0.2, 0.25) is 0 Å². The van der Waals surface area contributed by atoms with E-state index in [4.69, 9.17) is 37.9 Å². The Morgan fingerprint density at radius 3 is 2.00 bits per heavy atom. The molecule has 1 aromatic heterocycles. The zero-order chi connectivity index (χ0) is 40.3. The van der Waals surface area contributed by atoms with E-state index >= 15 is 0 Å². The molecular weight excluding hydrogens is 718 g/mol. The summed E-state index contributed by atoms with van der Waals surface area (Å²) < 4.78 is 47.8. The zero-order valence-corrected chi connectivity index (χ0v) is 31.3. The number of esters is 7. The van der Waals surface area contributed by atoms with Crippen LogP contribution in [0.3, 0.4) is 0 Å². The van der Waals surface area contributed by atoms with E-state index in [1.807, 2.05) is 0 Å². The maximum absolute atomic E-state index is 14.1. The van der Waals surface area contributed by atoms with Gasteiger partial charge in [-0.2, -0.15) is 0 Å². The van der Waals surface area contributed by atoms with Crippen molar-refractivity contribution in [3.8, 4) is 0 Å². The summed E-state index contributed by atoms with van der Waals surface area (Å²) in [5, 5.41) is 25.4. The standard InChI is InChI=1S/C36H45NO17/c1-15-16(2)31(44)53-28-25(43)29(51-20(6)41)35(14-47-17(3)38)30(52-21(7)42)26(49-18(4)39)23-27(50-19(5)40)36(35,34(28,9)46)54-33(23,8)13-48-32(45)24-22(15)11-10-12-37-24/h10-12,15-16,23,25-30,43,46H,13-14H2,1-9H3. The number of carbonyl (C=O) groups is 7. The molecule has 2 aliphatic heterocycles. The van der Waals surface area contributed by atoms with Crippen molar-refractivity contribution in [2.45, 2.75) is 122 Å². The van der Waals surface area contributed by atoms with E-state index in [1.54, 1.807) is 19.1 Å². The van der Waals surface area contributed by atoms with Crippen molar-refractivity contribution in [2.24, 2.45) is 17.3 Å². The summed E-state index contributed by atoms with van der Waals surface area (Å²) in [5.74, 6) is -10.4. The molecule has 0 amide bonds. The summed E-state index contributed by atoms with van der Waals surface area (Å²) in [6, 6.07) is 3.10. The van der Waals surface area contributed by atoms with Crippen LogP contribution in [-0.4, -0.2) is 124 Å². The van der Waals surface area contributed by atoms with Crippen molar-refractivity contribution in [3.05, 3.63) is 29.6 Å². The average molecular weight is 764 g/mol. The monoisotopic (exact) mass is 763 g/mol. The SMILES string of the molecule is CC(=O)OCC12C(OC(C)=O)C(O)C3OC(=O)C(C)C(C)c4cccnc4C(=O)OCC4(C)OC1(C(OC(C)=O)C4C(OC(C)=O)C2OC(C)=O)C3(C)O. The van der Waals surface area contributed by atoms with Crippen LogP contribution in [0, 0.1) is 17.3 Å². The lowest BCUT2D eigenvalue weighted by Crippen LogP contribution is -2.89. The van der Waals surface area contributed by atoms with Crippen LogP contribution in [0.5, 0.6) is 0 Å². The van der Waals surface area contributed by atoms with E-state index in [9.17, 15) is 43.8 Å². The van der Waals surface area contributed by atoms with Gasteiger partial charge in [0.05, 0.1) is 11.8 Å². The van der Waals surface area contributed by atoms with Crippen LogP contribution in [0.1, 0.15) is 84.3 Å². The number of aliphatic hydroxyl groups excluding tert-OH is 1. The molecule has 18 heteroatoms. The number of hydrogen-bond donors (Lipinski definition) is 2. The van der Waals surface area contributed by atoms with E-state index in [1.165, 1.54) is 20.0 Å². The van der Waals surface area contributed by atoms with Crippen molar-refractivity contribution in [2.75, 3.05) is 13.2 Å². The highest BCUT2D eigenvalue weighted by atomic mass is 16.7. The molecule has 1 spiro atoms. The molecule has 3 fully saturated rings. The van der Waals surface area contributed by atoms with Crippen LogP contribution in [0.4, 0.5) is 0 Å². The largest absolute Gasteiger partial charge is 0.465 e. The minimum atomic E-state index is -2.77. The molecule has 0 radical (unpaired) electrons. The highest BCUT2D eigenvalue weighted by Crippen LogP contribution is 2.70. The lowest BCUT2D eigenvalue weighted by molar-refractivity contribution is -0.386. The number of aliphatic hydroxyl groups is 2. The molecule has 3 heterocycles. The molecule has 13 atom stereocenters. The van der Waals surface area contributed by atoms with Crippen molar-refractivity contribution in [1.82, 2.24) is 4.98 Å². The van der Waals surface area contributed by atoms with E-state index in [-0.39, 0.29) is 11.3 Å². The number of nitrogens with zero attached hydrogens (tertiary/aromatic N) is 1.